The molecule has 2 N–H and O–H groups in total. The zero-order valence-electron chi connectivity index (χ0n) is 14.7. The highest BCUT2D eigenvalue weighted by Crippen LogP contribution is 2.34. The number of nitrogens with one attached hydrogen (secondary N) is 1. The van der Waals surface area contributed by atoms with Crippen LogP contribution in [0.1, 0.15) is 18.1 Å². The van der Waals surface area contributed by atoms with E-state index >= 15 is 0 Å². The van der Waals surface area contributed by atoms with Crippen LogP contribution in [0, 0.1) is 0 Å². The molecule has 2 rings (SSSR count). The minimum atomic E-state index is -1.55. The van der Waals surface area contributed by atoms with Crippen molar-refractivity contribution in [2.75, 3.05) is 24.7 Å². The lowest BCUT2D eigenvalue weighted by molar-refractivity contribution is -0.163. The van der Waals surface area contributed by atoms with E-state index in [2.05, 4.69) is 5.32 Å². The van der Waals surface area contributed by atoms with Crippen LogP contribution in [0.25, 0.3) is 0 Å². The third-order valence-corrected chi connectivity index (χ3v) is 4.71. The Bertz CT molecular complexity index is 667. The number of ether oxygens (including phenoxy) is 1. The maximum Gasteiger partial charge on any atom is 0.304 e. The van der Waals surface area contributed by atoms with Crippen molar-refractivity contribution < 1.29 is 19.4 Å². The molecule has 0 aliphatic carbocycles. The predicted octanol–water partition coefficient (Wildman–Crippen LogP) is 2.33. The van der Waals surface area contributed by atoms with Gasteiger partial charge in [-0.05, 0) is 0 Å². The topological polar surface area (TPSA) is 75.6 Å². The molecule has 2 aromatic rings. The van der Waals surface area contributed by atoms with Crippen molar-refractivity contribution in [1.29, 1.82) is 0 Å². The number of esters is 1. The normalized spacial score (nSPS) is 11.0. The number of amides is 1. The van der Waals surface area contributed by atoms with E-state index in [0.29, 0.717) is 29.2 Å². The lowest BCUT2D eigenvalue weighted by atomic mass is 9.85. The van der Waals surface area contributed by atoms with Crippen molar-refractivity contribution in [3.8, 4) is 0 Å². The first-order valence-corrected chi connectivity index (χ1v) is 9.54. The summed E-state index contributed by atoms with van der Waals surface area (Å²) in [6.07, 6.45) is 0. The fraction of sp³-hybridized carbons (Fsp3) is 0.300. The van der Waals surface area contributed by atoms with Gasteiger partial charge in [-0.25, -0.2) is 0 Å². The lowest BCUT2D eigenvalue weighted by Gasteiger charge is -2.32. The number of carbonyl (C=O) groups is 2. The smallest absolute Gasteiger partial charge is 0.304 e. The number of benzene rings is 2. The first-order valence-electron chi connectivity index (χ1n) is 8.38. The summed E-state index contributed by atoms with van der Waals surface area (Å²) in [5.74, 6) is 0.339. The first-order chi connectivity index (χ1) is 12.6. The van der Waals surface area contributed by atoms with E-state index in [1.807, 2.05) is 12.1 Å². The van der Waals surface area contributed by atoms with Crippen LogP contribution >= 0.6 is 11.8 Å². The third-order valence-electron chi connectivity index (χ3n) is 3.74. The van der Waals surface area contributed by atoms with Gasteiger partial charge in [0.15, 0.2) is 0 Å². The quantitative estimate of drug-likeness (QED) is 0.521. The Morgan fingerprint density at radius 1 is 1.00 bits per heavy atom. The molecule has 0 bridgehead atoms. The van der Waals surface area contributed by atoms with Gasteiger partial charge in [-0.3, -0.25) is 9.59 Å². The van der Waals surface area contributed by atoms with Gasteiger partial charge in [0.05, 0.1) is 6.61 Å². The first kappa shape index (κ1) is 20.0. The molecule has 0 aromatic heterocycles. The van der Waals surface area contributed by atoms with Crippen LogP contribution in [-0.2, 0) is 19.9 Å². The van der Waals surface area contributed by atoms with Crippen LogP contribution < -0.4 is 5.32 Å². The molecule has 2 aromatic carbocycles. The monoisotopic (exact) mass is 373 g/mol. The van der Waals surface area contributed by atoms with E-state index < -0.39 is 17.5 Å². The van der Waals surface area contributed by atoms with Crippen LogP contribution in [-0.4, -0.2) is 41.6 Å². The summed E-state index contributed by atoms with van der Waals surface area (Å²) in [5, 5.41) is 11.7. The Morgan fingerprint density at radius 3 is 2.00 bits per heavy atom. The van der Waals surface area contributed by atoms with Crippen LogP contribution in [0.2, 0.25) is 0 Å². The Labute approximate surface area is 157 Å². The number of hydrogen-bond donors (Lipinski definition) is 2. The average molecular weight is 373 g/mol. The molecule has 0 aliphatic rings. The number of thioether (sulfide) groups is 1. The van der Waals surface area contributed by atoms with Gasteiger partial charge in [0.2, 0.25) is 5.60 Å². The predicted molar refractivity (Wildman–Crippen MR) is 103 cm³/mol. The van der Waals surface area contributed by atoms with E-state index in [1.54, 1.807) is 48.5 Å². The van der Waals surface area contributed by atoms with Gasteiger partial charge < -0.3 is 15.2 Å². The van der Waals surface area contributed by atoms with E-state index in [9.17, 15) is 9.59 Å². The van der Waals surface area contributed by atoms with Gasteiger partial charge in [-0.2, -0.15) is 11.8 Å². The van der Waals surface area contributed by atoms with Gasteiger partial charge in [0, 0.05) is 36.1 Å². The molecule has 0 fully saturated rings. The number of aliphatic hydroxyl groups is 1. The maximum atomic E-state index is 13.2. The van der Waals surface area contributed by atoms with Crippen molar-refractivity contribution in [2.45, 2.75) is 12.5 Å². The minimum Gasteiger partial charge on any atom is -0.439 e. The Balaban J connectivity index is 2.39. The van der Waals surface area contributed by atoms with Gasteiger partial charge in [-0.15, -0.1) is 0 Å². The molecule has 0 heterocycles. The van der Waals surface area contributed by atoms with Crippen molar-refractivity contribution >= 4 is 23.6 Å². The molecular weight excluding hydrogens is 350 g/mol. The average Bonchev–Trinajstić information content (AvgIpc) is 2.67. The SMILES string of the molecule is CC(=O)OC(C(=O)NCCSCCO)(c1ccccc1)c1ccccc1. The summed E-state index contributed by atoms with van der Waals surface area (Å²) >= 11 is 1.54. The largest absolute Gasteiger partial charge is 0.439 e. The number of rotatable bonds is 9. The Hall–Kier alpha value is -2.31. The Kier molecular flexibility index (Phi) is 7.69. The van der Waals surface area contributed by atoms with E-state index in [-0.39, 0.29) is 6.61 Å². The molecule has 0 spiro atoms. The second-order valence-electron chi connectivity index (χ2n) is 5.60. The second kappa shape index (κ2) is 9.99. The highest BCUT2D eigenvalue weighted by atomic mass is 32.2. The van der Waals surface area contributed by atoms with E-state index in [0.717, 1.165) is 0 Å². The Morgan fingerprint density at radius 2 is 1.54 bits per heavy atom. The zero-order valence-corrected chi connectivity index (χ0v) is 15.5. The second-order valence-corrected chi connectivity index (χ2v) is 6.82. The molecule has 1 amide bonds. The molecule has 138 valence electrons. The van der Waals surface area contributed by atoms with Crippen LogP contribution in [0.5, 0.6) is 0 Å². The van der Waals surface area contributed by atoms with Crippen LogP contribution in [0.4, 0.5) is 0 Å². The molecule has 26 heavy (non-hydrogen) atoms. The van der Waals surface area contributed by atoms with Crippen LogP contribution in [0.15, 0.2) is 60.7 Å². The van der Waals surface area contributed by atoms with Crippen molar-refractivity contribution in [2.24, 2.45) is 0 Å². The maximum absolute atomic E-state index is 13.2. The van der Waals surface area contributed by atoms with Gasteiger partial charge in [-0.1, -0.05) is 60.7 Å². The summed E-state index contributed by atoms with van der Waals surface area (Å²) < 4.78 is 5.65. The molecule has 0 atom stereocenters. The third kappa shape index (κ3) is 4.86. The van der Waals surface area contributed by atoms with Crippen molar-refractivity contribution in [3.63, 3.8) is 0 Å². The molecule has 0 aliphatic heterocycles. The molecule has 5 nitrogen and oxygen atoms in total. The van der Waals surface area contributed by atoms with Crippen molar-refractivity contribution in [3.05, 3.63) is 71.8 Å². The summed E-state index contributed by atoms with van der Waals surface area (Å²) in [4.78, 5) is 25.1. The zero-order chi connectivity index (χ0) is 18.8. The number of hydrogen-bond acceptors (Lipinski definition) is 5. The summed E-state index contributed by atoms with van der Waals surface area (Å²) in [6.45, 7) is 1.81. The molecule has 0 saturated carbocycles. The highest BCUT2D eigenvalue weighted by Gasteiger charge is 2.45. The number of aliphatic hydroxyl groups excluding tert-OH is 1. The molecule has 0 unspecified atom stereocenters. The summed E-state index contributed by atoms with van der Waals surface area (Å²) in [6, 6.07) is 18.0. The fourth-order valence-corrected chi connectivity index (χ4v) is 3.26. The minimum absolute atomic E-state index is 0.101. The van der Waals surface area contributed by atoms with Gasteiger partial charge in [0.1, 0.15) is 0 Å². The molecule has 6 heteroatoms. The lowest BCUT2D eigenvalue weighted by Crippen LogP contribution is -2.48. The number of carbonyl (C=O) groups excluding carboxylic acids is 2. The standard InChI is InChI=1S/C20H23NO4S/c1-16(23)25-20(17-8-4-2-5-9-17,18-10-6-3-7-11-18)19(24)21-12-14-26-15-13-22/h2-11,22H,12-15H2,1H3,(H,21,24). The summed E-state index contributed by atoms with van der Waals surface area (Å²) in [7, 11) is 0. The van der Waals surface area contributed by atoms with Crippen LogP contribution in [0.3, 0.4) is 0 Å². The highest BCUT2D eigenvalue weighted by molar-refractivity contribution is 7.99. The molecule has 0 radical (unpaired) electrons. The fourth-order valence-electron chi connectivity index (χ4n) is 2.68. The molecule has 0 saturated heterocycles. The van der Waals surface area contributed by atoms with E-state index in [1.165, 1.54) is 18.7 Å². The van der Waals surface area contributed by atoms with Gasteiger partial charge >= 0.3 is 5.97 Å². The van der Waals surface area contributed by atoms with Gasteiger partial charge in [0.25, 0.3) is 5.91 Å². The van der Waals surface area contributed by atoms with Crippen molar-refractivity contribution in [1.82, 2.24) is 5.32 Å². The van der Waals surface area contributed by atoms with E-state index in [4.69, 9.17) is 9.84 Å². The molecular formula is C20H23NO4S. The summed E-state index contributed by atoms with van der Waals surface area (Å²) in [5.41, 5.74) is -0.375.